The van der Waals surface area contributed by atoms with E-state index in [-0.39, 0.29) is 0 Å². The van der Waals surface area contributed by atoms with Crippen LogP contribution in [-0.2, 0) is 4.74 Å². The molecule has 1 aliphatic heterocycles. The molecule has 0 saturated carbocycles. The third-order valence-electron chi connectivity index (χ3n) is 2.05. The fourth-order valence-corrected chi connectivity index (χ4v) is 1.50. The van der Waals surface area contributed by atoms with Crippen LogP contribution in [0.15, 0.2) is 11.6 Å². The zero-order valence-electron chi connectivity index (χ0n) is 7.76. The SMILES string of the molecule is CC1=CCOC(CC(C)C)C1. The maximum absolute atomic E-state index is 5.58. The lowest BCUT2D eigenvalue weighted by Gasteiger charge is -2.23. The molecule has 0 saturated heterocycles. The van der Waals surface area contributed by atoms with Crippen LogP contribution in [0.2, 0.25) is 0 Å². The van der Waals surface area contributed by atoms with Crippen LogP contribution in [0.1, 0.15) is 33.6 Å². The molecule has 0 N–H and O–H groups in total. The maximum Gasteiger partial charge on any atom is 0.0653 e. The zero-order chi connectivity index (χ0) is 8.27. The third-order valence-corrected chi connectivity index (χ3v) is 2.05. The van der Waals surface area contributed by atoms with E-state index in [0.29, 0.717) is 6.10 Å². The Labute approximate surface area is 69.4 Å². The highest BCUT2D eigenvalue weighted by molar-refractivity contribution is 5.02. The van der Waals surface area contributed by atoms with Crippen molar-refractivity contribution < 1.29 is 4.74 Å². The molecule has 0 aromatic rings. The van der Waals surface area contributed by atoms with Crippen molar-refractivity contribution in [1.29, 1.82) is 0 Å². The van der Waals surface area contributed by atoms with Crippen molar-refractivity contribution in [3.63, 3.8) is 0 Å². The highest BCUT2D eigenvalue weighted by Crippen LogP contribution is 2.19. The van der Waals surface area contributed by atoms with Crippen molar-refractivity contribution in [3.8, 4) is 0 Å². The summed E-state index contributed by atoms with van der Waals surface area (Å²) in [4.78, 5) is 0. The molecule has 1 heteroatoms. The van der Waals surface area contributed by atoms with E-state index in [2.05, 4.69) is 26.8 Å². The topological polar surface area (TPSA) is 9.23 Å². The standard InChI is InChI=1S/C10H18O/c1-8(2)6-10-7-9(3)4-5-11-10/h4,8,10H,5-7H2,1-3H3. The van der Waals surface area contributed by atoms with Crippen LogP contribution in [0.3, 0.4) is 0 Å². The number of hydrogen-bond acceptors (Lipinski definition) is 1. The minimum absolute atomic E-state index is 0.486. The summed E-state index contributed by atoms with van der Waals surface area (Å²) in [5.41, 5.74) is 1.49. The summed E-state index contributed by atoms with van der Waals surface area (Å²) >= 11 is 0. The Hall–Kier alpha value is -0.300. The molecule has 0 fully saturated rings. The van der Waals surface area contributed by atoms with Gasteiger partial charge in [0.2, 0.25) is 0 Å². The summed E-state index contributed by atoms with van der Waals surface area (Å²) in [5.74, 6) is 0.755. The molecule has 64 valence electrons. The quantitative estimate of drug-likeness (QED) is 0.556. The van der Waals surface area contributed by atoms with Gasteiger partial charge in [-0.25, -0.2) is 0 Å². The number of hydrogen-bond donors (Lipinski definition) is 0. The van der Waals surface area contributed by atoms with Gasteiger partial charge in [0, 0.05) is 0 Å². The number of ether oxygens (including phenoxy) is 1. The molecular weight excluding hydrogens is 136 g/mol. The minimum Gasteiger partial charge on any atom is -0.374 e. The first-order valence-electron chi connectivity index (χ1n) is 4.45. The fraction of sp³-hybridized carbons (Fsp3) is 0.800. The lowest BCUT2D eigenvalue weighted by Crippen LogP contribution is -2.19. The summed E-state index contributed by atoms with van der Waals surface area (Å²) in [5, 5.41) is 0. The monoisotopic (exact) mass is 154 g/mol. The lowest BCUT2D eigenvalue weighted by atomic mass is 9.99. The minimum atomic E-state index is 0.486. The van der Waals surface area contributed by atoms with Gasteiger partial charge in [-0.15, -0.1) is 0 Å². The molecule has 1 aliphatic rings. The van der Waals surface area contributed by atoms with Crippen LogP contribution < -0.4 is 0 Å². The van der Waals surface area contributed by atoms with E-state index < -0.39 is 0 Å². The Morgan fingerprint density at radius 3 is 2.91 bits per heavy atom. The Balaban J connectivity index is 2.32. The van der Waals surface area contributed by atoms with Crippen molar-refractivity contribution in [3.05, 3.63) is 11.6 Å². The van der Waals surface area contributed by atoms with Gasteiger partial charge in [-0.3, -0.25) is 0 Å². The molecular formula is C10H18O. The summed E-state index contributed by atoms with van der Waals surface area (Å²) in [6.07, 6.45) is 5.00. The van der Waals surface area contributed by atoms with Crippen molar-refractivity contribution >= 4 is 0 Å². The van der Waals surface area contributed by atoms with Gasteiger partial charge in [0.1, 0.15) is 0 Å². The molecule has 0 aromatic carbocycles. The Kier molecular flexibility index (Phi) is 3.13. The van der Waals surface area contributed by atoms with E-state index in [0.717, 1.165) is 18.9 Å². The Bertz CT molecular complexity index is 147. The molecule has 0 aromatic heterocycles. The largest absolute Gasteiger partial charge is 0.374 e. The second-order valence-corrected chi connectivity index (χ2v) is 3.84. The van der Waals surface area contributed by atoms with Gasteiger partial charge in [-0.2, -0.15) is 0 Å². The van der Waals surface area contributed by atoms with Crippen molar-refractivity contribution in [2.75, 3.05) is 6.61 Å². The van der Waals surface area contributed by atoms with E-state index in [1.165, 1.54) is 12.0 Å². The van der Waals surface area contributed by atoms with Crippen molar-refractivity contribution in [1.82, 2.24) is 0 Å². The van der Waals surface area contributed by atoms with E-state index in [9.17, 15) is 0 Å². The molecule has 1 rings (SSSR count). The van der Waals surface area contributed by atoms with Crippen LogP contribution in [0, 0.1) is 5.92 Å². The van der Waals surface area contributed by atoms with Crippen LogP contribution >= 0.6 is 0 Å². The first-order valence-corrected chi connectivity index (χ1v) is 4.45. The van der Waals surface area contributed by atoms with Crippen LogP contribution in [0.25, 0.3) is 0 Å². The Morgan fingerprint density at radius 2 is 2.36 bits per heavy atom. The van der Waals surface area contributed by atoms with Crippen molar-refractivity contribution in [2.24, 2.45) is 5.92 Å². The highest BCUT2D eigenvalue weighted by atomic mass is 16.5. The average Bonchev–Trinajstić information content (AvgIpc) is 1.85. The summed E-state index contributed by atoms with van der Waals surface area (Å²) in [7, 11) is 0. The predicted octanol–water partition coefficient (Wildman–Crippen LogP) is 2.77. The smallest absolute Gasteiger partial charge is 0.0653 e. The van der Waals surface area contributed by atoms with Crippen molar-refractivity contribution in [2.45, 2.75) is 39.7 Å². The van der Waals surface area contributed by atoms with E-state index >= 15 is 0 Å². The van der Waals surface area contributed by atoms with Gasteiger partial charge in [0.15, 0.2) is 0 Å². The highest BCUT2D eigenvalue weighted by Gasteiger charge is 2.14. The second-order valence-electron chi connectivity index (χ2n) is 3.84. The maximum atomic E-state index is 5.58. The van der Waals surface area contributed by atoms with Crippen LogP contribution in [0.5, 0.6) is 0 Å². The van der Waals surface area contributed by atoms with E-state index in [4.69, 9.17) is 4.74 Å². The molecule has 1 atom stereocenters. The number of rotatable bonds is 2. The molecule has 1 unspecified atom stereocenters. The average molecular weight is 154 g/mol. The van der Waals surface area contributed by atoms with E-state index in [1.807, 2.05) is 0 Å². The first kappa shape index (κ1) is 8.79. The predicted molar refractivity (Wildman–Crippen MR) is 47.6 cm³/mol. The van der Waals surface area contributed by atoms with E-state index in [1.54, 1.807) is 0 Å². The zero-order valence-corrected chi connectivity index (χ0v) is 7.76. The fourth-order valence-electron chi connectivity index (χ4n) is 1.50. The van der Waals surface area contributed by atoms with Gasteiger partial charge >= 0.3 is 0 Å². The summed E-state index contributed by atoms with van der Waals surface area (Å²) < 4.78 is 5.58. The molecule has 0 amide bonds. The molecule has 0 aliphatic carbocycles. The molecule has 11 heavy (non-hydrogen) atoms. The second kappa shape index (κ2) is 3.91. The van der Waals surface area contributed by atoms with Gasteiger partial charge in [0.05, 0.1) is 12.7 Å². The van der Waals surface area contributed by atoms with Gasteiger partial charge in [-0.1, -0.05) is 25.5 Å². The first-order chi connectivity index (χ1) is 5.18. The molecule has 1 heterocycles. The van der Waals surface area contributed by atoms with Gasteiger partial charge in [0.25, 0.3) is 0 Å². The van der Waals surface area contributed by atoms with Crippen LogP contribution in [-0.4, -0.2) is 12.7 Å². The normalized spacial score (nSPS) is 25.5. The Morgan fingerprint density at radius 1 is 1.64 bits per heavy atom. The summed E-state index contributed by atoms with van der Waals surface area (Å²) in [6.45, 7) is 7.51. The summed E-state index contributed by atoms with van der Waals surface area (Å²) in [6, 6.07) is 0. The molecule has 1 nitrogen and oxygen atoms in total. The van der Waals surface area contributed by atoms with Gasteiger partial charge in [-0.05, 0) is 25.7 Å². The van der Waals surface area contributed by atoms with Crippen LogP contribution in [0.4, 0.5) is 0 Å². The molecule has 0 bridgehead atoms. The lowest BCUT2D eigenvalue weighted by molar-refractivity contribution is 0.0494. The third kappa shape index (κ3) is 3.06. The molecule has 0 radical (unpaired) electrons. The molecule has 0 spiro atoms. The van der Waals surface area contributed by atoms with Gasteiger partial charge < -0.3 is 4.74 Å².